The number of anilines is 1. The quantitative estimate of drug-likeness (QED) is 0.890. The van der Waals surface area contributed by atoms with Crippen LogP contribution in [0, 0.1) is 0 Å². The molecule has 4 nitrogen and oxygen atoms in total. The van der Waals surface area contributed by atoms with Crippen LogP contribution in [-0.2, 0) is 6.54 Å². The van der Waals surface area contributed by atoms with E-state index in [0.29, 0.717) is 16.3 Å². The number of aryl methyl sites for hydroxylation is 1. The molecule has 1 N–H and O–H groups in total. The molecule has 0 amide bonds. The maximum atomic E-state index is 12.0. The summed E-state index contributed by atoms with van der Waals surface area (Å²) < 4.78 is 2.10. The molecule has 19 heavy (non-hydrogen) atoms. The fraction of sp³-hybridized carbons (Fsp3) is 0.692. The van der Waals surface area contributed by atoms with Gasteiger partial charge in [-0.15, -0.1) is 0 Å². The monoisotopic (exact) mass is 345 g/mol. The number of hydrogen-bond acceptors (Lipinski definition) is 4. The highest BCUT2D eigenvalue weighted by Crippen LogP contribution is 2.26. The van der Waals surface area contributed by atoms with Crippen molar-refractivity contribution in [2.45, 2.75) is 44.4 Å². The number of nitrogens with zero attached hydrogens (tertiary/aromatic N) is 2. The van der Waals surface area contributed by atoms with Crippen LogP contribution in [0.4, 0.5) is 5.69 Å². The van der Waals surface area contributed by atoms with Crippen molar-refractivity contribution in [3.8, 4) is 0 Å². The summed E-state index contributed by atoms with van der Waals surface area (Å²) in [7, 11) is 0. The van der Waals surface area contributed by atoms with Gasteiger partial charge in [0, 0.05) is 18.3 Å². The Labute approximate surface area is 126 Å². The lowest BCUT2D eigenvalue weighted by Crippen LogP contribution is -2.26. The Bertz CT molecular complexity index is 471. The van der Waals surface area contributed by atoms with E-state index < -0.39 is 0 Å². The first-order valence-electron chi connectivity index (χ1n) is 6.83. The highest BCUT2D eigenvalue weighted by Gasteiger charge is 2.15. The second-order valence-electron chi connectivity index (χ2n) is 4.77. The van der Waals surface area contributed by atoms with Crippen molar-refractivity contribution in [3.63, 3.8) is 0 Å². The first-order valence-corrected chi connectivity index (χ1v) is 8.67. The molecule has 2 rings (SSSR count). The van der Waals surface area contributed by atoms with Gasteiger partial charge in [0.2, 0.25) is 0 Å². The minimum atomic E-state index is -0.0526. The van der Waals surface area contributed by atoms with Gasteiger partial charge < -0.3 is 5.32 Å². The Morgan fingerprint density at radius 1 is 1.58 bits per heavy atom. The van der Waals surface area contributed by atoms with Crippen LogP contribution >= 0.6 is 27.7 Å². The summed E-state index contributed by atoms with van der Waals surface area (Å²) in [6.07, 6.45) is 6.56. The molecule has 0 spiro atoms. The van der Waals surface area contributed by atoms with E-state index in [1.165, 1.54) is 29.7 Å². The van der Waals surface area contributed by atoms with Crippen LogP contribution in [0.5, 0.6) is 0 Å². The molecule has 0 bridgehead atoms. The second-order valence-corrected chi connectivity index (χ2v) is 6.97. The predicted octanol–water partition coefficient (Wildman–Crippen LogP) is 3.11. The van der Waals surface area contributed by atoms with Crippen LogP contribution in [0.2, 0.25) is 0 Å². The molecule has 1 fully saturated rings. The molecule has 1 saturated heterocycles. The van der Waals surface area contributed by atoms with E-state index in [0.717, 1.165) is 18.7 Å². The Balaban J connectivity index is 2.00. The lowest BCUT2D eigenvalue weighted by atomic mass is 10.2. The zero-order valence-corrected chi connectivity index (χ0v) is 13.6. The van der Waals surface area contributed by atoms with Crippen LogP contribution < -0.4 is 10.9 Å². The zero-order chi connectivity index (χ0) is 13.7. The molecular formula is C13H20BrN3OS. The Hall–Kier alpha value is -0.490. The van der Waals surface area contributed by atoms with E-state index in [-0.39, 0.29) is 5.56 Å². The summed E-state index contributed by atoms with van der Waals surface area (Å²) in [6, 6.07) is 0. The first-order chi connectivity index (χ1) is 9.22. The lowest BCUT2D eigenvalue weighted by Gasteiger charge is -2.22. The standard InChI is InChI=1S/C13H20BrN3OS/c1-2-6-17-13(18)12(14)11(9-16-17)15-8-10-5-3-4-7-19-10/h9-10,15H,2-8H2,1H3. The molecule has 1 unspecified atom stereocenters. The van der Waals surface area contributed by atoms with E-state index in [1.54, 1.807) is 6.20 Å². The van der Waals surface area contributed by atoms with Crippen LogP contribution in [0.15, 0.2) is 15.5 Å². The zero-order valence-electron chi connectivity index (χ0n) is 11.2. The maximum absolute atomic E-state index is 12.0. The fourth-order valence-corrected chi connectivity index (χ4v) is 3.84. The van der Waals surface area contributed by atoms with Gasteiger partial charge in [-0.25, -0.2) is 4.68 Å². The van der Waals surface area contributed by atoms with Gasteiger partial charge in [-0.05, 0) is 40.9 Å². The fourth-order valence-electron chi connectivity index (χ4n) is 2.15. The van der Waals surface area contributed by atoms with Crippen molar-refractivity contribution in [2.75, 3.05) is 17.6 Å². The summed E-state index contributed by atoms with van der Waals surface area (Å²) >= 11 is 5.41. The van der Waals surface area contributed by atoms with E-state index in [1.807, 2.05) is 18.7 Å². The Morgan fingerprint density at radius 2 is 2.42 bits per heavy atom. The number of hydrogen-bond donors (Lipinski definition) is 1. The lowest BCUT2D eigenvalue weighted by molar-refractivity contribution is 0.565. The minimum Gasteiger partial charge on any atom is -0.382 e. The molecule has 2 heterocycles. The average Bonchev–Trinajstić information content (AvgIpc) is 2.44. The molecule has 0 aliphatic carbocycles. The maximum Gasteiger partial charge on any atom is 0.283 e. The second kappa shape index (κ2) is 7.33. The number of rotatable bonds is 5. The van der Waals surface area contributed by atoms with E-state index in [2.05, 4.69) is 26.3 Å². The number of thioether (sulfide) groups is 1. The Kier molecular flexibility index (Phi) is 5.76. The number of aromatic nitrogens is 2. The van der Waals surface area contributed by atoms with Gasteiger partial charge in [0.05, 0.1) is 11.9 Å². The molecule has 1 aliphatic heterocycles. The molecule has 0 aromatic carbocycles. The van der Waals surface area contributed by atoms with Crippen LogP contribution in [0.25, 0.3) is 0 Å². The summed E-state index contributed by atoms with van der Waals surface area (Å²) in [5, 5.41) is 8.20. The van der Waals surface area contributed by atoms with E-state index in [9.17, 15) is 4.79 Å². The normalized spacial score (nSPS) is 19.4. The number of nitrogens with one attached hydrogen (secondary N) is 1. The van der Waals surface area contributed by atoms with Gasteiger partial charge in [0.15, 0.2) is 0 Å². The largest absolute Gasteiger partial charge is 0.382 e. The third kappa shape index (κ3) is 3.99. The topological polar surface area (TPSA) is 46.9 Å². The molecule has 6 heteroatoms. The summed E-state index contributed by atoms with van der Waals surface area (Å²) in [6.45, 7) is 3.60. The Morgan fingerprint density at radius 3 is 3.11 bits per heavy atom. The van der Waals surface area contributed by atoms with Crippen molar-refractivity contribution in [1.82, 2.24) is 9.78 Å². The molecule has 1 aromatic heterocycles. The van der Waals surface area contributed by atoms with Gasteiger partial charge in [-0.1, -0.05) is 13.3 Å². The van der Waals surface area contributed by atoms with Gasteiger partial charge >= 0.3 is 0 Å². The van der Waals surface area contributed by atoms with Crippen molar-refractivity contribution in [2.24, 2.45) is 0 Å². The molecule has 1 aliphatic rings. The van der Waals surface area contributed by atoms with Crippen LogP contribution in [-0.4, -0.2) is 27.3 Å². The van der Waals surface area contributed by atoms with Crippen LogP contribution in [0.1, 0.15) is 32.6 Å². The SMILES string of the molecule is CCCn1ncc(NCC2CCCCS2)c(Br)c1=O. The first kappa shape index (κ1) is 14.9. The highest BCUT2D eigenvalue weighted by molar-refractivity contribution is 9.10. The van der Waals surface area contributed by atoms with Crippen molar-refractivity contribution in [1.29, 1.82) is 0 Å². The molecular weight excluding hydrogens is 326 g/mol. The van der Waals surface area contributed by atoms with Gasteiger partial charge in [0.25, 0.3) is 5.56 Å². The molecule has 1 aromatic rings. The smallest absolute Gasteiger partial charge is 0.283 e. The van der Waals surface area contributed by atoms with Gasteiger partial charge in [-0.3, -0.25) is 4.79 Å². The third-order valence-corrected chi connectivity index (χ3v) is 5.38. The van der Waals surface area contributed by atoms with Crippen LogP contribution in [0.3, 0.4) is 0 Å². The van der Waals surface area contributed by atoms with Gasteiger partial charge in [0.1, 0.15) is 4.47 Å². The third-order valence-electron chi connectivity index (χ3n) is 3.21. The molecule has 0 saturated carbocycles. The van der Waals surface area contributed by atoms with E-state index >= 15 is 0 Å². The molecule has 106 valence electrons. The van der Waals surface area contributed by atoms with Gasteiger partial charge in [-0.2, -0.15) is 16.9 Å². The molecule has 0 radical (unpaired) electrons. The number of halogens is 1. The molecule has 1 atom stereocenters. The summed E-state index contributed by atoms with van der Waals surface area (Å²) in [5.41, 5.74) is 0.756. The van der Waals surface area contributed by atoms with Crippen molar-refractivity contribution < 1.29 is 0 Å². The highest BCUT2D eigenvalue weighted by atomic mass is 79.9. The predicted molar refractivity (Wildman–Crippen MR) is 85.1 cm³/mol. The summed E-state index contributed by atoms with van der Waals surface area (Å²) in [5.74, 6) is 1.25. The minimum absolute atomic E-state index is 0.0526. The van der Waals surface area contributed by atoms with Crippen molar-refractivity contribution >= 4 is 33.4 Å². The summed E-state index contributed by atoms with van der Waals surface area (Å²) in [4.78, 5) is 12.0. The average molecular weight is 346 g/mol. The van der Waals surface area contributed by atoms with Crippen molar-refractivity contribution in [3.05, 3.63) is 21.0 Å². The van der Waals surface area contributed by atoms with E-state index in [4.69, 9.17) is 0 Å².